The molecule has 1 saturated heterocycles. The third-order valence-corrected chi connectivity index (χ3v) is 2.98. The van der Waals surface area contributed by atoms with Gasteiger partial charge in [-0.1, -0.05) is 0 Å². The summed E-state index contributed by atoms with van der Waals surface area (Å²) in [5.74, 6) is -0.686. The highest BCUT2D eigenvalue weighted by Crippen LogP contribution is 2.32. The van der Waals surface area contributed by atoms with Crippen molar-refractivity contribution in [1.82, 2.24) is 4.98 Å². The maximum Gasteiger partial charge on any atom is 0.416 e. The van der Waals surface area contributed by atoms with Gasteiger partial charge in [-0.2, -0.15) is 13.2 Å². The van der Waals surface area contributed by atoms with E-state index in [0.717, 1.165) is 18.3 Å². The Hall–Kier alpha value is -1.40. The number of aromatic nitrogens is 1. The standard InChI is InChI=1S/C11H11F5N2/c12-10(13)7-2-4-18(6-7)9-5-8(1-3-17-9)11(14,15)16/h1,3,5,7,10H,2,4,6H2. The molecule has 1 aliphatic heterocycles. The summed E-state index contributed by atoms with van der Waals surface area (Å²) in [6, 6.07) is 1.76. The summed E-state index contributed by atoms with van der Waals surface area (Å²) in [5.41, 5.74) is -0.812. The Morgan fingerprint density at radius 2 is 2.06 bits per heavy atom. The Labute approximate surface area is 100 Å². The average Bonchev–Trinajstić information content (AvgIpc) is 2.77. The van der Waals surface area contributed by atoms with Gasteiger partial charge in [-0.3, -0.25) is 0 Å². The van der Waals surface area contributed by atoms with Gasteiger partial charge in [-0.25, -0.2) is 13.8 Å². The van der Waals surface area contributed by atoms with Gasteiger partial charge >= 0.3 is 6.18 Å². The lowest BCUT2D eigenvalue weighted by atomic mass is 10.1. The molecule has 0 N–H and O–H groups in total. The van der Waals surface area contributed by atoms with Crippen molar-refractivity contribution in [3.05, 3.63) is 23.9 Å². The second-order valence-corrected chi connectivity index (χ2v) is 4.23. The summed E-state index contributed by atoms with van der Waals surface area (Å²) < 4.78 is 62.4. The fourth-order valence-electron chi connectivity index (χ4n) is 1.97. The number of hydrogen-bond acceptors (Lipinski definition) is 2. The van der Waals surface area contributed by atoms with Crippen LogP contribution >= 0.6 is 0 Å². The van der Waals surface area contributed by atoms with E-state index >= 15 is 0 Å². The topological polar surface area (TPSA) is 16.1 Å². The molecule has 0 radical (unpaired) electrons. The minimum absolute atomic E-state index is 0.0476. The summed E-state index contributed by atoms with van der Waals surface area (Å²) in [7, 11) is 0. The van der Waals surface area contributed by atoms with Crippen molar-refractivity contribution in [3.63, 3.8) is 0 Å². The SMILES string of the molecule is FC(F)C1CCN(c2cc(C(F)(F)F)ccn2)C1. The molecule has 1 aliphatic rings. The van der Waals surface area contributed by atoms with Crippen LogP contribution in [0.15, 0.2) is 18.3 Å². The van der Waals surface area contributed by atoms with Crippen LogP contribution in [0.2, 0.25) is 0 Å². The Kier molecular flexibility index (Phi) is 3.41. The van der Waals surface area contributed by atoms with Crippen LogP contribution in [-0.2, 0) is 6.18 Å². The quantitative estimate of drug-likeness (QED) is 0.764. The minimum Gasteiger partial charge on any atom is -0.356 e. The molecule has 2 nitrogen and oxygen atoms in total. The molecule has 0 amide bonds. The van der Waals surface area contributed by atoms with Crippen LogP contribution in [0, 0.1) is 5.92 Å². The molecule has 100 valence electrons. The van der Waals surface area contributed by atoms with Crippen molar-refractivity contribution >= 4 is 5.82 Å². The molecule has 18 heavy (non-hydrogen) atoms. The molecule has 1 aromatic rings. The van der Waals surface area contributed by atoms with Gasteiger partial charge in [0, 0.05) is 25.2 Å². The van der Waals surface area contributed by atoms with E-state index in [0.29, 0.717) is 6.54 Å². The van der Waals surface area contributed by atoms with Crippen molar-refractivity contribution < 1.29 is 22.0 Å². The summed E-state index contributed by atoms with van der Waals surface area (Å²) in [6.45, 7) is 0.356. The van der Waals surface area contributed by atoms with E-state index in [9.17, 15) is 22.0 Å². The number of anilines is 1. The first-order chi connectivity index (χ1) is 8.38. The highest BCUT2D eigenvalue weighted by molar-refractivity contribution is 5.42. The number of nitrogens with zero attached hydrogens (tertiary/aromatic N) is 2. The average molecular weight is 266 g/mol. The normalized spacial score (nSPS) is 20.8. The number of halogens is 5. The predicted molar refractivity (Wildman–Crippen MR) is 55.6 cm³/mol. The molecule has 1 atom stereocenters. The molecule has 1 unspecified atom stereocenters. The third kappa shape index (κ3) is 2.70. The van der Waals surface area contributed by atoms with E-state index in [2.05, 4.69) is 4.98 Å². The molecule has 0 aliphatic carbocycles. The Balaban J connectivity index is 2.15. The minimum atomic E-state index is -4.44. The lowest BCUT2D eigenvalue weighted by molar-refractivity contribution is -0.137. The Bertz CT molecular complexity index is 418. The van der Waals surface area contributed by atoms with Gasteiger partial charge in [0.15, 0.2) is 0 Å². The maximum atomic E-state index is 12.5. The molecule has 1 fully saturated rings. The fraction of sp³-hybridized carbons (Fsp3) is 0.545. The van der Waals surface area contributed by atoms with Crippen molar-refractivity contribution in [2.75, 3.05) is 18.0 Å². The molecular formula is C11H11F5N2. The smallest absolute Gasteiger partial charge is 0.356 e. The number of pyridine rings is 1. The van der Waals surface area contributed by atoms with Crippen LogP contribution in [0.3, 0.4) is 0 Å². The molecule has 0 spiro atoms. The van der Waals surface area contributed by atoms with E-state index in [-0.39, 0.29) is 18.8 Å². The number of rotatable bonds is 2. The van der Waals surface area contributed by atoms with Crippen molar-refractivity contribution in [2.45, 2.75) is 19.0 Å². The lowest BCUT2D eigenvalue weighted by Crippen LogP contribution is -2.23. The largest absolute Gasteiger partial charge is 0.416 e. The molecule has 7 heteroatoms. The second kappa shape index (κ2) is 4.70. The molecule has 0 bridgehead atoms. The highest BCUT2D eigenvalue weighted by Gasteiger charge is 2.33. The maximum absolute atomic E-state index is 12.5. The summed E-state index contributed by atoms with van der Waals surface area (Å²) >= 11 is 0. The molecule has 2 rings (SSSR count). The van der Waals surface area contributed by atoms with E-state index in [1.54, 1.807) is 0 Å². The van der Waals surface area contributed by atoms with Crippen LogP contribution in [0.5, 0.6) is 0 Å². The summed E-state index contributed by atoms with van der Waals surface area (Å²) in [5, 5.41) is 0. The first-order valence-electron chi connectivity index (χ1n) is 5.44. The Morgan fingerprint density at radius 3 is 2.61 bits per heavy atom. The lowest BCUT2D eigenvalue weighted by Gasteiger charge is -2.18. The predicted octanol–water partition coefficient (Wildman–Crippen LogP) is 3.19. The van der Waals surface area contributed by atoms with Gasteiger partial charge in [-0.15, -0.1) is 0 Å². The molecule has 0 aromatic carbocycles. The van der Waals surface area contributed by atoms with E-state index in [1.165, 1.54) is 4.90 Å². The van der Waals surface area contributed by atoms with Crippen LogP contribution in [0.25, 0.3) is 0 Å². The van der Waals surface area contributed by atoms with Crippen LogP contribution < -0.4 is 4.90 Å². The molecule has 1 aromatic heterocycles. The first-order valence-corrected chi connectivity index (χ1v) is 5.44. The van der Waals surface area contributed by atoms with E-state index in [4.69, 9.17) is 0 Å². The van der Waals surface area contributed by atoms with Crippen molar-refractivity contribution in [3.8, 4) is 0 Å². The molecule has 0 saturated carbocycles. The monoisotopic (exact) mass is 266 g/mol. The van der Waals surface area contributed by atoms with Crippen LogP contribution in [-0.4, -0.2) is 24.5 Å². The first kappa shape index (κ1) is 13.0. The van der Waals surface area contributed by atoms with E-state index < -0.39 is 24.1 Å². The van der Waals surface area contributed by atoms with Gasteiger partial charge in [0.1, 0.15) is 5.82 Å². The zero-order valence-corrected chi connectivity index (χ0v) is 9.29. The summed E-state index contributed by atoms with van der Waals surface area (Å²) in [6.07, 6.45) is -5.57. The van der Waals surface area contributed by atoms with Crippen LogP contribution in [0.4, 0.5) is 27.8 Å². The molecular weight excluding hydrogens is 255 g/mol. The van der Waals surface area contributed by atoms with Gasteiger partial charge in [0.2, 0.25) is 6.43 Å². The van der Waals surface area contributed by atoms with Crippen molar-refractivity contribution in [1.29, 1.82) is 0 Å². The van der Waals surface area contributed by atoms with Crippen LogP contribution in [0.1, 0.15) is 12.0 Å². The Morgan fingerprint density at radius 1 is 1.33 bits per heavy atom. The zero-order chi connectivity index (χ0) is 13.3. The summed E-state index contributed by atoms with van der Waals surface area (Å²) in [4.78, 5) is 5.27. The second-order valence-electron chi connectivity index (χ2n) is 4.23. The number of hydrogen-bond donors (Lipinski definition) is 0. The van der Waals surface area contributed by atoms with Gasteiger partial charge in [0.05, 0.1) is 5.56 Å². The van der Waals surface area contributed by atoms with E-state index in [1.807, 2.05) is 0 Å². The van der Waals surface area contributed by atoms with Gasteiger partial charge < -0.3 is 4.90 Å². The van der Waals surface area contributed by atoms with Crippen molar-refractivity contribution in [2.24, 2.45) is 5.92 Å². The fourth-order valence-corrected chi connectivity index (χ4v) is 1.97. The number of alkyl halides is 5. The van der Waals surface area contributed by atoms with Gasteiger partial charge in [0.25, 0.3) is 0 Å². The molecule has 2 heterocycles. The third-order valence-electron chi connectivity index (χ3n) is 2.98. The zero-order valence-electron chi connectivity index (χ0n) is 9.29. The highest BCUT2D eigenvalue weighted by atomic mass is 19.4. The van der Waals surface area contributed by atoms with Gasteiger partial charge in [-0.05, 0) is 18.6 Å².